The molecule has 2 rings (SSSR count). The molecular weight excluding hydrogens is 250 g/mol. The molecule has 2 heterocycles. The number of hydrogen-bond donors (Lipinski definition) is 2. The highest BCUT2D eigenvalue weighted by atomic mass is 16.5. The average molecular weight is 267 g/mol. The molecule has 2 aromatic heterocycles. The van der Waals surface area contributed by atoms with Gasteiger partial charge in [0.05, 0.1) is 24.8 Å². The Bertz CT molecular complexity index is 542. The number of aliphatic hydroxyl groups excluding tert-OH is 2. The highest BCUT2D eigenvalue weighted by molar-refractivity contribution is 5.86. The number of anilines is 1. The Balaban J connectivity index is 2.15. The number of rotatable bonds is 6. The van der Waals surface area contributed by atoms with E-state index in [4.69, 9.17) is 9.84 Å². The van der Waals surface area contributed by atoms with Crippen molar-refractivity contribution < 1.29 is 14.9 Å². The maximum atomic E-state index is 9.18. The normalized spacial score (nSPS) is 12.8. The molecule has 0 saturated carbocycles. The Hall–Kier alpha value is -1.77. The van der Waals surface area contributed by atoms with Gasteiger partial charge >= 0.3 is 0 Å². The van der Waals surface area contributed by atoms with Gasteiger partial charge in [-0.15, -0.1) is 0 Å². The van der Waals surface area contributed by atoms with E-state index in [2.05, 4.69) is 15.1 Å². The van der Waals surface area contributed by atoms with Crippen molar-refractivity contribution in [2.45, 2.75) is 12.8 Å². The van der Waals surface area contributed by atoms with Crippen LogP contribution in [0.5, 0.6) is 0 Å². The van der Waals surface area contributed by atoms with Gasteiger partial charge in [0.2, 0.25) is 0 Å². The van der Waals surface area contributed by atoms with Crippen LogP contribution in [-0.4, -0.2) is 63.4 Å². The van der Waals surface area contributed by atoms with Crippen LogP contribution in [0.25, 0.3) is 11.0 Å². The third-order valence-electron chi connectivity index (χ3n) is 2.57. The quantitative estimate of drug-likeness (QED) is 0.708. The van der Waals surface area contributed by atoms with E-state index in [9.17, 15) is 5.11 Å². The fourth-order valence-corrected chi connectivity index (χ4v) is 1.66. The molecule has 0 saturated heterocycles. The van der Waals surface area contributed by atoms with Crippen molar-refractivity contribution in [1.82, 2.24) is 19.7 Å². The van der Waals surface area contributed by atoms with Gasteiger partial charge in [0.1, 0.15) is 25.0 Å². The van der Waals surface area contributed by atoms with Crippen LogP contribution in [0.3, 0.4) is 0 Å². The molecule has 0 amide bonds. The molecule has 0 aliphatic heterocycles. The SMILES string of the molecule is CN(C)c1ncnc2c1cnn2COCC(O)CO. The predicted molar refractivity (Wildman–Crippen MR) is 68.7 cm³/mol. The maximum Gasteiger partial charge on any atom is 0.165 e. The highest BCUT2D eigenvalue weighted by Gasteiger charge is 2.11. The van der Waals surface area contributed by atoms with Crippen LogP contribution in [0.15, 0.2) is 12.5 Å². The minimum absolute atomic E-state index is 0.0451. The largest absolute Gasteiger partial charge is 0.394 e. The first-order chi connectivity index (χ1) is 9.13. The summed E-state index contributed by atoms with van der Waals surface area (Å²) in [7, 11) is 3.79. The summed E-state index contributed by atoms with van der Waals surface area (Å²) in [6.07, 6.45) is 2.27. The summed E-state index contributed by atoms with van der Waals surface area (Å²) >= 11 is 0. The third-order valence-corrected chi connectivity index (χ3v) is 2.57. The molecule has 2 aromatic rings. The van der Waals surface area contributed by atoms with Crippen molar-refractivity contribution in [2.24, 2.45) is 0 Å². The van der Waals surface area contributed by atoms with Crippen LogP contribution in [0.2, 0.25) is 0 Å². The Labute approximate surface area is 110 Å². The first kappa shape index (κ1) is 13.7. The van der Waals surface area contributed by atoms with E-state index >= 15 is 0 Å². The summed E-state index contributed by atoms with van der Waals surface area (Å²) < 4.78 is 6.83. The minimum atomic E-state index is -0.881. The van der Waals surface area contributed by atoms with Gasteiger partial charge in [-0.2, -0.15) is 5.10 Å². The number of aliphatic hydroxyl groups is 2. The standard InChI is InChI=1S/C11H17N5O3/c1-15(2)10-9-3-14-16(11(9)13-6-12-10)7-19-5-8(18)4-17/h3,6,8,17-18H,4-5,7H2,1-2H3. The van der Waals surface area contributed by atoms with Gasteiger partial charge in [-0.1, -0.05) is 0 Å². The number of hydrogen-bond acceptors (Lipinski definition) is 7. The number of ether oxygens (including phenoxy) is 1. The van der Waals surface area contributed by atoms with Crippen LogP contribution in [0.1, 0.15) is 0 Å². The summed E-state index contributed by atoms with van der Waals surface area (Å²) in [6, 6.07) is 0. The van der Waals surface area contributed by atoms with E-state index in [1.165, 1.54) is 6.33 Å². The molecule has 1 atom stereocenters. The molecule has 8 heteroatoms. The molecular formula is C11H17N5O3. The van der Waals surface area contributed by atoms with Crippen LogP contribution >= 0.6 is 0 Å². The number of fused-ring (bicyclic) bond motifs is 1. The summed E-state index contributed by atoms with van der Waals surface area (Å²) in [5.41, 5.74) is 0.664. The van der Waals surface area contributed by atoms with Crippen molar-refractivity contribution in [3.8, 4) is 0 Å². The maximum absolute atomic E-state index is 9.18. The van der Waals surface area contributed by atoms with E-state index in [-0.39, 0.29) is 19.9 Å². The molecule has 0 bridgehead atoms. The highest BCUT2D eigenvalue weighted by Crippen LogP contribution is 2.20. The van der Waals surface area contributed by atoms with Crippen molar-refractivity contribution in [1.29, 1.82) is 0 Å². The van der Waals surface area contributed by atoms with Gasteiger partial charge in [-0.3, -0.25) is 0 Å². The summed E-state index contributed by atoms with van der Waals surface area (Å²) in [4.78, 5) is 10.2. The Kier molecular flexibility index (Phi) is 4.25. The molecule has 0 aliphatic rings. The minimum Gasteiger partial charge on any atom is -0.394 e. The molecule has 8 nitrogen and oxygen atoms in total. The second-order valence-corrected chi connectivity index (χ2v) is 4.31. The van der Waals surface area contributed by atoms with Crippen LogP contribution in [0.4, 0.5) is 5.82 Å². The summed E-state index contributed by atoms with van der Waals surface area (Å²) in [5, 5.41) is 22.9. The van der Waals surface area contributed by atoms with Gasteiger partial charge in [0, 0.05) is 14.1 Å². The van der Waals surface area contributed by atoms with Crippen molar-refractivity contribution in [3.05, 3.63) is 12.5 Å². The predicted octanol–water partition coefficient (Wildman–Crippen LogP) is -0.780. The van der Waals surface area contributed by atoms with Gasteiger partial charge < -0.3 is 19.8 Å². The fraction of sp³-hybridized carbons (Fsp3) is 0.545. The zero-order valence-electron chi connectivity index (χ0n) is 10.9. The molecule has 104 valence electrons. The van der Waals surface area contributed by atoms with Crippen molar-refractivity contribution >= 4 is 16.9 Å². The second kappa shape index (κ2) is 5.91. The van der Waals surface area contributed by atoms with Gasteiger partial charge in [-0.25, -0.2) is 14.6 Å². The van der Waals surface area contributed by atoms with E-state index in [0.29, 0.717) is 5.65 Å². The molecule has 0 fully saturated rings. The molecule has 0 spiro atoms. The fourth-order valence-electron chi connectivity index (χ4n) is 1.66. The number of nitrogens with zero attached hydrogens (tertiary/aromatic N) is 5. The van der Waals surface area contributed by atoms with E-state index in [1.807, 2.05) is 19.0 Å². The summed E-state index contributed by atoms with van der Waals surface area (Å²) in [6.45, 7) is -0.124. The topological polar surface area (TPSA) is 96.5 Å². The molecule has 0 radical (unpaired) electrons. The van der Waals surface area contributed by atoms with Crippen LogP contribution in [-0.2, 0) is 11.5 Å². The van der Waals surface area contributed by atoms with Crippen LogP contribution < -0.4 is 4.90 Å². The van der Waals surface area contributed by atoms with Gasteiger partial charge in [0.15, 0.2) is 5.65 Å². The Morgan fingerprint density at radius 3 is 2.89 bits per heavy atom. The van der Waals surface area contributed by atoms with E-state index < -0.39 is 6.10 Å². The third kappa shape index (κ3) is 2.98. The molecule has 0 aromatic carbocycles. The van der Waals surface area contributed by atoms with Gasteiger partial charge in [0.25, 0.3) is 0 Å². The summed E-state index contributed by atoms with van der Waals surface area (Å²) in [5.74, 6) is 0.784. The lowest BCUT2D eigenvalue weighted by molar-refractivity contribution is -0.0194. The zero-order chi connectivity index (χ0) is 13.8. The number of aromatic nitrogens is 4. The Morgan fingerprint density at radius 2 is 2.21 bits per heavy atom. The van der Waals surface area contributed by atoms with E-state index in [1.54, 1.807) is 10.9 Å². The first-order valence-electron chi connectivity index (χ1n) is 5.84. The monoisotopic (exact) mass is 267 g/mol. The first-order valence-corrected chi connectivity index (χ1v) is 5.84. The Morgan fingerprint density at radius 1 is 1.42 bits per heavy atom. The second-order valence-electron chi connectivity index (χ2n) is 4.31. The molecule has 19 heavy (non-hydrogen) atoms. The van der Waals surface area contributed by atoms with E-state index in [0.717, 1.165) is 11.2 Å². The molecule has 1 unspecified atom stereocenters. The molecule has 2 N–H and O–H groups in total. The van der Waals surface area contributed by atoms with Crippen molar-refractivity contribution in [2.75, 3.05) is 32.2 Å². The van der Waals surface area contributed by atoms with Gasteiger partial charge in [-0.05, 0) is 0 Å². The lowest BCUT2D eigenvalue weighted by Crippen LogP contribution is -2.20. The van der Waals surface area contributed by atoms with Crippen LogP contribution in [0, 0.1) is 0 Å². The smallest absolute Gasteiger partial charge is 0.165 e. The zero-order valence-corrected chi connectivity index (χ0v) is 10.9. The van der Waals surface area contributed by atoms with Crippen molar-refractivity contribution in [3.63, 3.8) is 0 Å². The lowest BCUT2D eigenvalue weighted by Gasteiger charge is -2.11. The average Bonchev–Trinajstić information content (AvgIpc) is 2.81. The molecule has 0 aliphatic carbocycles. The lowest BCUT2D eigenvalue weighted by atomic mass is 10.4.